The maximum absolute atomic E-state index is 12.9. The standard InChI is InChI=1S/C16H19BrN2O4S3/c1-12-3-4-14(13(2)11-12)25(20,21)18-7-9-19(10-8-18)26(22,23)16-6-5-15(17)24-16/h3-6,11H,7-10H2,1-2H3. The van der Waals surface area contributed by atoms with Crippen LogP contribution in [0, 0.1) is 13.8 Å². The highest BCUT2D eigenvalue weighted by atomic mass is 79.9. The Labute approximate surface area is 166 Å². The lowest BCUT2D eigenvalue weighted by Gasteiger charge is -2.33. The van der Waals surface area contributed by atoms with Gasteiger partial charge >= 0.3 is 0 Å². The van der Waals surface area contributed by atoms with Gasteiger partial charge in [-0.05, 0) is 53.5 Å². The van der Waals surface area contributed by atoms with Gasteiger partial charge in [-0.15, -0.1) is 11.3 Å². The van der Waals surface area contributed by atoms with Crippen molar-refractivity contribution in [2.24, 2.45) is 0 Å². The molecule has 1 aromatic heterocycles. The van der Waals surface area contributed by atoms with Crippen molar-refractivity contribution in [2.45, 2.75) is 23.0 Å². The van der Waals surface area contributed by atoms with Gasteiger partial charge in [-0.3, -0.25) is 0 Å². The van der Waals surface area contributed by atoms with Gasteiger partial charge in [0.1, 0.15) is 4.21 Å². The highest BCUT2D eigenvalue weighted by molar-refractivity contribution is 9.11. The molecule has 0 saturated carbocycles. The second-order valence-electron chi connectivity index (χ2n) is 6.14. The number of aryl methyl sites for hydroxylation is 2. The van der Waals surface area contributed by atoms with Crippen LogP contribution < -0.4 is 0 Å². The van der Waals surface area contributed by atoms with Gasteiger partial charge in [0.2, 0.25) is 10.0 Å². The van der Waals surface area contributed by atoms with Crippen LogP contribution in [0.15, 0.2) is 43.2 Å². The molecule has 0 bridgehead atoms. The van der Waals surface area contributed by atoms with Crippen molar-refractivity contribution in [3.05, 3.63) is 45.2 Å². The monoisotopic (exact) mass is 478 g/mol. The summed E-state index contributed by atoms with van der Waals surface area (Å²) in [5.74, 6) is 0. The summed E-state index contributed by atoms with van der Waals surface area (Å²) in [4.78, 5) is 0.279. The summed E-state index contributed by atoms with van der Waals surface area (Å²) in [7, 11) is -7.22. The van der Waals surface area contributed by atoms with Crippen LogP contribution in [0.1, 0.15) is 11.1 Å². The van der Waals surface area contributed by atoms with Gasteiger partial charge in [0, 0.05) is 26.2 Å². The molecule has 26 heavy (non-hydrogen) atoms. The first-order valence-electron chi connectivity index (χ1n) is 7.95. The molecule has 0 radical (unpaired) electrons. The Morgan fingerprint density at radius 3 is 1.96 bits per heavy atom. The van der Waals surface area contributed by atoms with Crippen LogP contribution in [-0.2, 0) is 20.0 Å². The number of halogens is 1. The van der Waals surface area contributed by atoms with Crippen molar-refractivity contribution in [3.8, 4) is 0 Å². The first kappa shape index (κ1) is 20.0. The fourth-order valence-corrected chi connectivity index (χ4v) is 8.16. The highest BCUT2D eigenvalue weighted by Gasteiger charge is 2.34. The molecule has 0 aliphatic carbocycles. The lowest BCUT2D eigenvalue weighted by Crippen LogP contribution is -2.50. The topological polar surface area (TPSA) is 74.8 Å². The molecule has 0 amide bonds. The van der Waals surface area contributed by atoms with E-state index in [1.807, 2.05) is 13.0 Å². The number of hydrogen-bond acceptors (Lipinski definition) is 5. The minimum Gasteiger partial charge on any atom is -0.207 e. The number of sulfonamides is 2. The van der Waals surface area contributed by atoms with E-state index in [0.29, 0.717) is 5.56 Å². The van der Waals surface area contributed by atoms with Gasteiger partial charge < -0.3 is 0 Å². The summed E-state index contributed by atoms with van der Waals surface area (Å²) >= 11 is 4.42. The number of benzene rings is 1. The molecular weight excluding hydrogens is 460 g/mol. The number of nitrogens with zero attached hydrogens (tertiary/aromatic N) is 2. The zero-order valence-electron chi connectivity index (χ0n) is 14.3. The Morgan fingerprint density at radius 2 is 1.46 bits per heavy atom. The molecular formula is C16H19BrN2O4S3. The Morgan fingerprint density at radius 1 is 0.885 bits per heavy atom. The SMILES string of the molecule is Cc1ccc(S(=O)(=O)N2CCN(S(=O)(=O)c3ccc(Br)s3)CC2)c(C)c1. The van der Waals surface area contributed by atoms with Gasteiger partial charge in [0.05, 0.1) is 8.68 Å². The lowest BCUT2D eigenvalue weighted by molar-refractivity contribution is 0.273. The molecule has 0 atom stereocenters. The van der Waals surface area contributed by atoms with Crippen LogP contribution in [0.3, 0.4) is 0 Å². The fourth-order valence-electron chi connectivity index (χ4n) is 2.94. The third kappa shape index (κ3) is 3.76. The van der Waals surface area contributed by atoms with Crippen molar-refractivity contribution in [1.82, 2.24) is 8.61 Å². The van der Waals surface area contributed by atoms with Crippen LogP contribution in [0.5, 0.6) is 0 Å². The summed E-state index contributed by atoms with van der Waals surface area (Å²) in [6.07, 6.45) is 0. The van der Waals surface area contributed by atoms with E-state index >= 15 is 0 Å². The maximum Gasteiger partial charge on any atom is 0.252 e. The largest absolute Gasteiger partial charge is 0.252 e. The van der Waals surface area contributed by atoms with E-state index in [9.17, 15) is 16.8 Å². The van der Waals surface area contributed by atoms with Crippen LogP contribution in [0.2, 0.25) is 0 Å². The van der Waals surface area contributed by atoms with Crippen molar-refractivity contribution < 1.29 is 16.8 Å². The van der Waals surface area contributed by atoms with E-state index in [1.165, 1.54) is 8.61 Å². The van der Waals surface area contributed by atoms with Gasteiger partial charge in [0.15, 0.2) is 0 Å². The van der Waals surface area contributed by atoms with E-state index in [1.54, 1.807) is 31.2 Å². The molecule has 1 saturated heterocycles. The predicted molar refractivity (Wildman–Crippen MR) is 105 cm³/mol. The summed E-state index contributed by atoms with van der Waals surface area (Å²) in [6.45, 7) is 4.25. The second kappa shape index (κ2) is 7.33. The molecule has 1 fully saturated rings. The summed E-state index contributed by atoms with van der Waals surface area (Å²) in [6, 6.07) is 8.48. The molecule has 2 aromatic rings. The maximum atomic E-state index is 12.9. The molecule has 0 spiro atoms. The number of piperazine rings is 1. The molecule has 1 aliphatic rings. The third-order valence-corrected chi connectivity index (χ3v) is 10.3. The van der Waals surface area contributed by atoms with Crippen LogP contribution in [0.4, 0.5) is 0 Å². The average Bonchev–Trinajstić information content (AvgIpc) is 3.02. The van der Waals surface area contributed by atoms with E-state index in [4.69, 9.17) is 0 Å². The smallest absolute Gasteiger partial charge is 0.207 e. The zero-order chi connectivity index (χ0) is 19.1. The number of thiophene rings is 1. The predicted octanol–water partition coefficient (Wildman–Crippen LogP) is 2.82. The highest BCUT2D eigenvalue weighted by Crippen LogP contribution is 2.30. The van der Waals surface area contributed by atoms with E-state index in [-0.39, 0.29) is 35.3 Å². The third-order valence-electron chi connectivity index (χ3n) is 4.29. The van der Waals surface area contributed by atoms with E-state index in [0.717, 1.165) is 20.7 Å². The van der Waals surface area contributed by atoms with Crippen molar-refractivity contribution >= 4 is 47.3 Å². The van der Waals surface area contributed by atoms with Gasteiger partial charge in [-0.25, -0.2) is 16.8 Å². The van der Waals surface area contributed by atoms with Crippen molar-refractivity contribution in [3.63, 3.8) is 0 Å². The Balaban J connectivity index is 1.78. The number of hydrogen-bond donors (Lipinski definition) is 0. The minimum atomic E-state index is -3.63. The minimum absolute atomic E-state index is 0.140. The quantitative estimate of drug-likeness (QED) is 0.676. The van der Waals surface area contributed by atoms with Gasteiger partial charge in [0.25, 0.3) is 10.0 Å². The summed E-state index contributed by atoms with van der Waals surface area (Å²) in [5.41, 5.74) is 1.70. The Bertz CT molecular complexity index is 1020. The Hall–Kier alpha value is -0.780. The molecule has 142 valence electrons. The van der Waals surface area contributed by atoms with Crippen LogP contribution in [-0.4, -0.2) is 51.6 Å². The summed E-state index contributed by atoms with van der Waals surface area (Å²) in [5, 5.41) is 0. The molecule has 10 heteroatoms. The fraction of sp³-hybridized carbons (Fsp3) is 0.375. The van der Waals surface area contributed by atoms with Crippen LogP contribution >= 0.6 is 27.3 Å². The Kier molecular flexibility index (Phi) is 5.63. The normalized spacial score (nSPS) is 17.5. The first-order valence-corrected chi connectivity index (χ1v) is 12.4. The van der Waals surface area contributed by atoms with Crippen LogP contribution in [0.25, 0.3) is 0 Å². The number of rotatable bonds is 4. The lowest BCUT2D eigenvalue weighted by atomic mass is 10.2. The average molecular weight is 479 g/mol. The van der Waals surface area contributed by atoms with Crippen molar-refractivity contribution in [1.29, 1.82) is 0 Å². The zero-order valence-corrected chi connectivity index (χ0v) is 18.4. The molecule has 1 aliphatic heterocycles. The molecule has 2 heterocycles. The molecule has 6 nitrogen and oxygen atoms in total. The van der Waals surface area contributed by atoms with Gasteiger partial charge in [-0.1, -0.05) is 17.7 Å². The van der Waals surface area contributed by atoms with E-state index < -0.39 is 20.0 Å². The second-order valence-corrected chi connectivity index (χ2v) is 12.7. The summed E-state index contributed by atoms with van der Waals surface area (Å²) < 4.78 is 54.8. The van der Waals surface area contributed by atoms with Crippen molar-refractivity contribution in [2.75, 3.05) is 26.2 Å². The molecule has 3 rings (SSSR count). The first-order chi connectivity index (χ1) is 12.1. The van der Waals surface area contributed by atoms with Gasteiger partial charge in [-0.2, -0.15) is 8.61 Å². The molecule has 0 unspecified atom stereocenters. The molecule has 0 N–H and O–H groups in total. The molecule has 1 aromatic carbocycles. The van der Waals surface area contributed by atoms with E-state index in [2.05, 4.69) is 15.9 Å².